The molecule has 0 aliphatic carbocycles. The number of Topliss-reactive ketones (excluding diaryl/α,β-unsaturated/α-hetero) is 1. The maximum absolute atomic E-state index is 13.7. The van der Waals surface area contributed by atoms with Gasteiger partial charge in [-0.25, -0.2) is 14.1 Å². The first-order valence-electron chi connectivity index (χ1n) is 5.15. The van der Waals surface area contributed by atoms with E-state index in [1.54, 1.807) is 0 Å². The van der Waals surface area contributed by atoms with Crippen molar-refractivity contribution in [3.05, 3.63) is 42.5 Å². The predicted molar refractivity (Wildman–Crippen MR) is 57.6 cm³/mol. The molecule has 8 heteroatoms. The Kier molecular flexibility index (Phi) is 3.79. The molecule has 5 nitrogen and oxygen atoms in total. The van der Waals surface area contributed by atoms with Crippen LogP contribution in [0.5, 0.6) is 5.75 Å². The van der Waals surface area contributed by atoms with Crippen LogP contribution < -0.4 is 4.74 Å². The molecule has 1 unspecified atom stereocenters. The molecule has 2 aromatic rings. The van der Waals surface area contributed by atoms with E-state index in [1.165, 1.54) is 12.1 Å². The Hall–Kier alpha value is -2.38. The fraction of sp³-hybridized carbons (Fsp3) is 0.182. The van der Waals surface area contributed by atoms with Crippen molar-refractivity contribution in [3.63, 3.8) is 0 Å². The van der Waals surface area contributed by atoms with Gasteiger partial charge >= 0.3 is 6.61 Å². The first kappa shape index (κ1) is 13.1. The Morgan fingerprint density at radius 1 is 1.21 bits per heavy atom. The Morgan fingerprint density at radius 2 is 1.89 bits per heavy atom. The summed E-state index contributed by atoms with van der Waals surface area (Å²) in [6.07, 6.45) is 0.153. The molecule has 19 heavy (non-hydrogen) atoms. The summed E-state index contributed by atoms with van der Waals surface area (Å²) in [6.45, 7) is -2.95. The van der Waals surface area contributed by atoms with Crippen LogP contribution >= 0.6 is 0 Å². The number of rotatable bonds is 5. The quantitative estimate of drug-likeness (QED) is 0.782. The van der Waals surface area contributed by atoms with Crippen molar-refractivity contribution in [2.75, 3.05) is 0 Å². The van der Waals surface area contributed by atoms with Crippen molar-refractivity contribution in [1.29, 1.82) is 0 Å². The molecule has 0 aliphatic rings. The van der Waals surface area contributed by atoms with Crippen LogP contribution in [0.25, 0.3) is 0 Å². The van der Waals surface area contributed by atoms with E-state index in [0.29, 0.717) is 0 Å². The van der Waals surface area contributed by atoms with Crippen LogP contribution in [0.1, 0.15) is 16.7 Å². The summed E-state index contributed by atoms with van der Waals surface area (Å²) in [5.41, 5.74) is 0.0182. The van der Waals surface area contributed by atoms with Crippen LogP contribution in [0.2, 0.25) is 0 Å². The molecular weight excluding hydrogens is 263 g/mol. The van der Waals surface area contributed by atoms with Gasteiger partial charge in [0.2, 0.25) is 5.78 Å². The third-order valence-corrected chi connectivity index (χ3v) is 2.25. The summed E-state index contributed by atoms with van der Waals surface area (Å²) in [5, 5.41) is 3.51. The molecule has 0 spiro atoms. The van der Waals surface area contributed by atoms with Crippen LogP contribution in [0.4, 0.5) is 13.2 Å². The second kappa shape index (κ2) is 5.51. The standard InChI is InChI=1S/C11H8F3N3O2/c12-10(17-6-15-5-16-17)9(18)7-1-3-8(4-2-7)19-11(13)14/h1-6,10-11H. The highest BCUT2D eigenvalue weighted by Gasteiger charge is 2.21. The number of halogens is 3. The number of hydrogen-bond donors (Lipinski definition) is 0. The molecule has 1 atom stereocenters. The zero-order chi connectivity index (χ0) is 13.8. The fourth-order valence-corrected chi connectivity index (χ4v) is 1.39. The second-order valence-corrected chi connectivity index (χ2v) is 3.48. The highest BCUT2D eigenvalue weighted by Crippen LogP contribution is 2.19. The number of ether oxygens (including phenoxy) is 1. The minimum Gasteiger partial charge on any atom is -0.435 e. The monoisotopic (exact) mass is 271 g/mol. The van der Waals surface area contributed by atoms with Gasteiger partial charge in [0.15, 0.2) is 0 Å². The molecule has 0 N–H and O–H groups in total. The summed E-state index contributed by atoms with van der Waals surface area (Å²) in [5.74, 6) is -0.961. The zero-order valence-electron chi connectivity index (χ0n) is 9.41. The Bertz CT molecular complexity index is 543. The largest absolute Gasteiger partial charge is 0.435 e. The molecule has 2 rings (SSSR count). The van der Waals surface area contributed by atoms with Crippen molar-refractivity contribution in [3.8, 4) is 5.75 Å². The summed E-state index contributed by atoms with van der Waals surface area (Å²) in [4.78, 5) is 15.2. The molecule has 1 aromatic carbocycles. The van der Waals surface area contributed by atoms with Gasteiger partial charge in [-0.05, 0) is 24.3 Å². The SMILES string of the molecule is O=C(c1ccc(OC(F)F)cc1)C(F)n1cncn1. The number of nitrogens with zero attached hydrogens (tertiary/aromatic N) is 3. The van der Waals surface area contributed by atoms with E-state index in [9.17, 15) is 18.0 Å². The maximum atomic E-state index is 13.7. The van der Waals surface area contributed by atoms with Gasteiger partial charge < -0.3 is 4.74 Å². The molecule has 0 saturated carbocycles. The highest BCUT2D eigenvalue weighted by molar-refractivity contribution is 5.98. The van der Waals surface area contributed by atoms with E-state index >= 15 is 0 Å². The lowest BCUT2D eigenvalue weighted by atomic mass is 10.1. The lowest BCUT2D eigenvalue weighted by molar-refractivity contribution is -0.0498. The van der Waals surface area contributed by atoms with Crippen LogP contribution in [0, 0.1) is 0 Å². The summed E-state index contributed by atoms with van der Waals surface area (Å²) in [6, 6.07) is 4.72. The van der Waals surface area contributed by atoms with Gasteiger partial charge in [-0.15, -0.1) is 0 Å². The Labute approximate surface area is 105 Å². The molecule has 1 heterocycles. The predicted octanol–water partition coefficient (Wildman–Crippen LogP) is 2.23. The third kappa shape index (κ3) is 3.09. The number of carbonyl (C=O) groups is 1. The van der Waals surface area contributed by atoms with E-state index in [4.69, 9.17) is 0 Å². The van der Waals surface area contributed by atoms with Crippen molar-refractivity contribution < 1.29 is 22.7 Å². The first-order valence-corrected chi connectivity index (χ1v) is 5.15. The smallest absolute Gasteiger partial charge is 0.387 e. The van der Waals surface area contributed by atoms with Gasteiger partial charge in [-0.2, -0.15) is 13.9 Å². The molecule has 0 radical (unpaired) electrons. The molecule has 100 valence electrons. The average molecular weight is 271 g/mol. The Balaban J connectivity index is 2.11. The number of hydrogen-bond acceptors (Lipinski definition) is 4. The summed E-state index contributed by atoms with van der Waals surface area (Å²) >= 11 is 0. The minimum atomic E-state index is -2.95. The normalized spacial score (nSPS) is 12.4. The van der Waals surface area contributed by atoms with Gasteiger partial charge in [0.05, 0.1) is 0 Å². The van der Waals surface area contributed by atoms with Gasteiger partial charge in [0, 0.05) is 5.56 Å². The lowest BCUT2D eigenvalue weighted by Gasteiger charge is -2.08. The van der Waals surface area contributed by atoms with E-state index < -0.39 is 18.7 Å². The third-order valence-electron chi connectivity index (χ3n) is 2.25. The van der Waals surface area contributed by atoms with E-state index in [0.717, 1.165) is 29.5 Å². The number of alkyl halides is 3. The van der Waals surface area contributed by atoms with Crippen molar-refractivity contribution >= 4 is 5.78 Å². The molecule has 0 fully saturated rings. The van der Waals surface area contributed by atoms with Crippen molar-refractivity contribution in [2.45, 2.75) is 12.9 Å². The number of benzene rings is 1. The molecule has 0 saturated heterocycles. The minimum absolute atomic E-state index is 0.0182. The molecule has 0 bridgehead atoms. The van der Waals surface area contributed by atoms with Gasteiger partial charge in [0.1, 0.15) is 18.4 Å². The Morgan fingerprint density at radius 3 is 2.42 bits per heavy atom. The number of aromatic nitrogens is 3. The second-order valence-electron chi connectivity index (χ2n) is 3.48. The van der Waals surface area contributed by atoms with Gasteiger partial charge in [0.25, 0.3) is 6.30 Å². The number of ketones is 1. The van der Waals surface area contributed by atoms with E-state index in [1.807, 2.05) is 0 Å². The van der Waals surface area contributed by atoms with E-state index in [-0.39, 0.29) is 11.3 Å². The highest BCUT2D eigenvalue weighted by atomic mass is 19.3. The summed E-state index contributed by atoms with van der Waals surface area (Å²) < 4.78 is 42.4. The van der Waals surface area contributed by atoms with Gasteiger partial charge in [-0.3, -0.25) is 4.79 Å². The lowest BCUT2D eigenvalue weighted by Crippen LogP contribution is -2.16. The van der Waals surface area contributed by atoms with Gasteiger partial charge in [-0.1, -0.05) is 0 Å². The maximum Gasteiger partial charge on any atom is 0.387 e. The van der Waals surface area contributed by atoms with E-state index in [2.05, 4.69) is 14.8 Å². The first-order chi connectivity index (χ1) is 9.08. The van der Waals surface area contributed by atoms with Crippen LogP contribution in [0.15, 0.2) is 36.9 Å². The fourth-order valence-electron chi connectivity index (χ4n) is 1.39. The molecule has 1 aromatic heterocycles. The number of carbonyl (C=O) groups excluding carboxylic acids is 1. The van der Waals surface area contributed by atoms with Crippen LogP contribution in [-0.4, -0.2) is 27.2 Å². The summed E-state index contributed by atoms with van der Waals surface area (Å²) in [7, 11) is 0. The topological polar surface area (TPSA) is 57.0 Å². The molecule has 0 aliphatic heterocycles. The average Bonchev–Trinajstić information content (AvgIpc) is 2.91. The zero-order valence-corrected chi connectivity index (χ0v) is 9.41. The van der Waals surface area contributed by atoms with Crippen LogP contribution in [-0.2, 0) is 0 Å². The molecular formula is C11H8F3N3O2. The van der Waals surface area contributed by atoms with Crippen molar-refractivity contribution in [1.82, 2.24) is 14.8 Å². The van der Waals surface area contributed by atoms with Crippen LogP contribution in [0.3, 0.4) is 0 Å². The van der Waals surface area contributed by atoms with Crippen molar-refractivity contribution in [2.24, 2.45) is 0 Å². The molecule has 0 amide bonds.